The van der Waals surface area contributed by atoms with Gasteiger partial charge in [-0.15, -0.1) is 0 Å². The average molecular weight is 581 g/mol. The zero-order chi connectivity index (χ0) is 30.4. The molecule has 1 aromatic heterocycles. The number of ether oxygens (including phenoxy) is 2. The van der Waals surface area contributed by atoms with Crippen molar-refractivity contribution in [2.24, 2.45) is 5.73 Å². The molecule has 0 aliphatic carbocycles. The molecule has 0 saturated heterocycles. The van der Waals surface area contributed by atoms with E-state index in [2.05, 4.69) is 29.5 Å². The maximum Gasteiger partial charge on any atom is 0.250 e. The smallest absolute Gasteiger partial charge is 0.250 e. The summed E-state index contributed by atoms with van der Waals surface area (Å²) in [7, 11) is 0. The lowest BCUT2D eigenvalue weighted by atomic mass is 9.92. The Balaban J connectivity index is 1.12. The van der Waals surface area contributed by atoms with Gasteiger partial charge in [0.05, 0.1) is 11.5 Å². The van der Waals surface area contributed by atoms with Crippen molar-refractivity contribution in [3.05, 3.63) is 113 Å². The second kappa shape index (κ2) is 13.1. The first kappa shape index (κ1) is 29.8. The van der Waals surface area contributed by atoms with Crippen LogP contribution in [-0.2, 0) is 17.6 Å². The van der Waals surface area contributed by atoms with E-state index in [4.69, 9.17) is 15.2 Å². The molecule has 2 atom stereocenters. The molecular weight excluding hydrogens is 544 g/mol. The monoisotopic (exact) mass is 580 g/mol. The average Bonchev–Trinajstić information content (AvgIpc) is 3.31. The van der Waals surface area contributed by atoms with E-state index in [-0.39, 0.29) is 24.0 Å². The Morgan fingerprint density at radius 1 is 1.02 bits per heavy atom. The Morgan fingerprint density at radius 3 is 2.49 bits per heavy atom. The van der Waals surface area contributed by atoms with E-state index in [1.54, 1.807) is 12.1 Å². The molecule has 9 heteroatoms. The van der Waals surface area contributed by atoms with Crippen molar-refractivity contribution >= 4 is 17.5 Å². The second-order valence-electron chi connectivity index (χ2n) is 11.4. The molecule has 1 unspecified atom stereocenters. The molecule has 43 heavy (non-hydrogen) atoms. The van der Waals surface area contributed by atoms with E-state index >= 15 is 0 Å². The number of fused-ring (bicyclic) bond motifs is 1. The van der Waals surface area contributed by atoms with Gasteiger partial charge < -0.3 is 30.9 Å². The predicted octanol–water partition coefficient (Wildman–Crippen LogP) is 4.60. The summed E-state index contributed by atoms with van der Waals surface area (Å²) in [5.41, 5.74) is 9.02. The summed E-state index contributed by atoms with van der Waals surface area (Å²) in [4.78, 5) is 28.1. The van der Waals surface area contributed by atoms with E-state index in [0.29, 0.717) is 42.3 Å². The van der Waals surface area contributed by atoms with E-state index in [9.17, 15) is 14.7 Å². The third-order valence-electron chi connectivity index (χ3n) is 7.33. The third kappa shape index (κ3) is 7.77. The summed E-state index contributed by atoms with van der Waals surface area (Å²) in [6, 6.07) is 26.3. The molecule has 1 aliphatic heterocycles. The van der Waals surface area contributed by atoms with Gasteiger partial charge in [0.1, 0.15) is 24.2 Å². The van der Waals surface area contributed by atoms with E-state index < -0.39 is 12.0 Å². The van der Waals surface area contributed by atoms with Crippen LogP contribution in [0.4, 0.5) is 5.69 Å². The van der Waals surface area contributed by atoms with Gasteiger partial charge in [-0.25, -0.2) is 4.98 Å². The molecule has 0 bridgehead atoms. The Morgan fingerprint density at radius 2 is 1.79 bits per heavy atom. The van der Waals surface area contributed by atoms with Crippen LogP contribution in [0.25, 0.3) is 0 Å². The third-order valence-corrected chi connectivity index (χ3v) is 7.33. The van der Waals surface area contributed by atoms with Gasteiger partial charge >= 0.3 is 0 Å². The summed E-state index contributed by atoms with van der Waals surface area (Å²) < 4.78 is 11.8. The number of hydrogen-bond donors (Lipinski definition) is 4. The molecule has 222 valence electrons. The first-order chi connectivity index (χ1) is 20.7. The first-order valence-electron chi connectivity index (χ1n) is 14.2. The van der Waals surface area contributed by atoms with Crippen LogP contribution in [-0.4, -0.2) is 46.7 Å². The molecule has 5 N–H and O–H groups in total. The largest absolute Gasteiger partial charge is 0.490 e. The fourth-order valence-electron chi connectivity index (χ4n) is 5.13. The SMILES string of the molecule is CC(C)(Cc1ccc(Oc2ccc(C(N)=O)cn2)cc1)NC[C@H](O)COc1cccc2c1C(Cc1ccccc1)C(=O)N2. The van der Waals surface area contributed by atoms with Crippen molar-refractivity contribution < 1.29 is 24.2 Å². The fourth-order valence-corrected chi connectivity index (χ4v) is 5.13. The number of carbonyl (C=O) groups excluding carboxylic acids is 2. The molecule has 3 aromatic carbocycles. The number of amides is 2. The Labute approximate surface area is 251 Å². The minimum Gasteiger partial charge on any atom is -0.490 e. The highest BCUT2D eigenvalue weighted by molar-refractivity contribution is 6.04. The lowest BCUT2D eigenvalue weighted by molar-refractivity contribution is -0.117. The molecule has 4 aromatic rings. The molecule has 0 spiro atoms. The van der Waals surface area contributed by atoms with Crippen molar-refractivity contribution in [1.29, 1.82) is 0 Å². The number of pyridine rings is 1. The number of aliphatic hydroxyl groups is 1. The molecular formula is C34H36N4O5. The van der Waals surface area contributed by atoms with Crippen LogP contribution in [0.2, 0.25) is 0 Å². The topological polar surface area (TPSA) is 136 Å². The van der Waals surface area contributed by atoms with E-state index in [0.717, 1.165) is 22.4 Å². The predicted molar refractivity (Wildman–Crippen MR) is 165 cm³/mol. The maximum absolute atomic E-state index is 12.8. The van der Waals surface area contributed by atoms with Crippen LogP contribution in [0.1, 0.15) is 46.8 Å². The van der Waals surface area contributed by atoms with Gasteiger partial charge in [0, 0.05) is 35.6 Å². The molecule has 2 amide bonds. The molecule has 0 radical (unpaired) electrons. The summed E-state index contributed by atoms with van der Waals surface area (Å²) >= 11 is 0. The van der Waals surface area contributed by atoms with E-state index in [1.807, 2.05) is 72.8 Å². The molecule has 9 nitrogen and oxygen atoms in total. The van der Waals surface area contributed by atoms with Crippen molar-refractivity contribution in [3.8, 4) is 17.4 Å². The fraction of sp³-hybridized carbons (Fsp3) is 0.265. The van der Waals surface area contributed by atoms with E-state index in [1.165, 1.54) is 6.20 Å². The Hall–Kier alpha value is -4.73. The second-order valence-corrected chi connectivity index (χ2v) is 11.4. The summed E-state index contributed by atoms with van der Waals surface area (Å²) in [6.07, 6.45) is 1.92. The number of β-amino-alcohol motifs (C(OH)–C–C–N with tert-alkyl or cyclic N) is 1. The number of benzene rings is 3. The summed E-state index contributed by atoms with van der Waals surface area (Å²) in [6.45, 7) is 4.57. The molecule has 1 aliphatic rings. The highest BCUT2D eigenvalue weighted by Gasteiger charge is 2.33. The number of aromatic nitrogens is 1. The quantitative estimate of drug-likeness (QED) is 0.181. The number of nitrogens with zero attached hydrogens (tertiary/aromatic N) is 1. The number of aliphatic hydroxyl groups excluding tert-OH is 1. The normalized spacial score (nSPS) is 15.0. The standard InChI is InChI=1S/C34H36N4O5/c1-34(2,18-23-11-14-26(15-12-23)43-30-16-13-24(19-36-30)32(35)40)37-20-25(39)21-42-29-10-6-9-28-31(29)27(33(41)38-28)17-22-7-4-3-5-8-22/h3-16,19,25,27,37,39H,17-18,20-21H2,1-2H3,(H2,35,40)(H,38,41)/t25-,27?/m0/s1. The van der Waals surface area contributed by atoms with Gasteiger partial charge in [-0.3, -0.25) is 9.59 Å². The van der Waals surface area contributed by atoms with Crippen LogP contribution in [0.5, 0.6) is 17.4 Å². The maximum atomic E-state index is 12.8. The van der Waals surface area contributed by atoms with Crippen molar-refractivity contribution in [1.82, 2.24) is 10.3 Å². The van der Waals surface area contributed by atoms with Gasteiger partial charge in [-0.2, -0.15) is 0 Å². The van der Waals surface area contributed by atoms with Gasteiger partial charge in [0.15, 0.2) is 0 Å². The van der Waals surface area contributed by atoms with Crippen LogP contribution in [0.15, 0.2) is 91.1 Å². The van der Waals surface area contributed by atoms with Crippen molar-refractivity contribution in [2.45, 2.75) is 44.2 Å². The Kier molecular flexibility index (Phi) is 9.04. The lowest BCUT2D eigenvalue weighted by Crippen LogP contribution is -2.46. The van der Waals surface area contributed by atoms with Gasteiger partial charge in [0.25, 0.3) is 0 Å². The number of carbonyl (C=O) groups is 2. The number of nitrogens with two attached hydrogens (primary N) is 1. The number of hydrogen-bond acceptors (Lipinski definition) is 7. The Bertz CT molecular complexity index is 1560. The van der Waals surface area contributed by atoms with Gasteiger partial charge in [-0.1, -0.05) is 48.5 Å². The minimum atomic E-state index is -0.753. The number of rotatable bonds is 13. The molecule has 0 saturated carbocycles. The van der Waals surface area contributed by atoms with Crippen molar-refractivity contribution in [3.63, 3.8) is 0 Å². The zero-order valence-corrected chi connectivity index (χ0v) is 24.2. The highest BCUT2D eigenvalue weighted by Crippen LogP contribution is 2.41. The molecule has 5 rings (SSSR count). The number of nitrogens with one attached hydrogen (secondary N) is 2. The van der Waals surface area contributed by atoms with Crippen LogP contribution < -0.4 is 25.8 Å². The number of anilines is 1. The van der Waals surface area contributed by atoms with Crippen LogP contribution >= 0.6 is 0 Å². The summed E-state index contributed by atoms with van der Waals surface area (Å²) in [5, 5.41) is 17.2. The van der Waals surface area contributed by atoms with Gasteiger partial charge in [-0.05, 0) is 68.1 Å². The lowest BCUT2D eigenvalue weighted by Gasteiger charge is -2.28. The van der Waals surface area contributed by atoms with Crippen molar-refractivity contribution in [2.75, 3.05) is 18.5 Å². The first-order valence-corrected chi connectivity index (χ1v) is 14.2. The van der Waals surface area contributed by atoms with Crippen LogP contribution in [0, 0.1) is 0 Å². The number of primary amides is 1. The van der Waals surface area contributed by atoms with Gasteiger partial charge in [0.2, 0.25) is 17.7 Å². The minimum absolute atomic E-state index is 0.0472. The molecule has 2 heterocycles. The zero-order valence-electron chi connectivity index (χ0n) is 24.2. The summed E-state index contributed by atoms with van der Waals surface area (Å²) in [5.74, 6) is 0.660. The van der Waals surface area contributed by atoms with Crippen LogP contribution in [0.3, 0.4) is 0 Å². The molecule has 0 fully saturated rings. The highest BCUT2D eigenvalue weighted by atomic mass is 16.5.